The topological polar surface area (TPSA) is 88.5 Å². The number of rotatable bonds is 9. The van der Waals surface area contributed by atoms with Crippen LogP contribution in [0.3, 0.4) is 0 Å². The lowest BCUT2D eigenvalue weighted by atomic mass is 9.94. The zero-order valence-corrected chi connectivity index (χ0v) is 19.6. The van der Waals surface area contributed by atoms with Crippen LogP contribution in [0.15, 0.2) is 48.0 Å². The fraction of sp³-hybridized carbons (Fsp3) is 0.360. The number of aliphatic hydroxyl groups excluding tert-OH is 1. The maximum absolute atomic E-state index is 13.2. The molecule has 0 radical (unpaired) electrons. The number of carbonyl (C=O) groups is 2. The molecule has 2 aromatic carbocycles. The molecule has 1 saturated heterocycles. The van der Waals surface area contributed by atoms with Gasteiger partial charge in [-0.1, -0.05) is 18.2 Å². The zero-order chi connectivity index (χ0) is 24.1. The summed E-state index contributed by atoms with van der Waals surface area (Å²) in [5, 5.41) is 11.4. The average Bonchev–Trinajstić information content (AvgIpc) is 3.06. The Kier molecular flexibility index (Phi) is 7.60. The van der Waals surface area contributed by atoms with Gasteiger partial charge in [0.25, 0.3) is 11.7 Å². The smallest absolute Gasteiger partial charge is 0.295 e. The lowest BCUT2D eigenvalue weighted by Gasteiger charge is -2.27. The molecule has 1 amide bonds. The molecule has 1 heterocycles. The molecule has 3 rings (SSSR count). The Labute approximate surface area is 194 Å². The van der Waals surface area contributed by atoms with E-state index in [9.17, 15) is 14.7 Å². The Morgan fingerprint density at radius 3 is 2.27 bits per heavy atom. The van der Waals surface area contributed by atoms with E-state index >= 15 is 0 Å². The number of ketones is 1. The number of hydrogen-bond donors (Lipinski definition) is 1. The van der Waals surface area contributed by atoms with Crippen LogP contribution in [0.4, 0.5) is 0 Å². The number of likely N-dealkylation sites (N-methyl/N-ethyl adjacent to an activating group) is 1. The van der Waals surface area contributed by atoms with E-state index in [1.54, 1.807) is 30.3 Å². The molecule has 0 saturated carbocycles. The second-order valence-corrected chi connectivity index (χ2v) is 7.84. The van der Waals surface area contributed by atoms with E-state index < -0.39 is 17.7 Å². The molecule has 176 valence electrons. The molecule has 0 aliphatic carbocycles. The van der Waals surface area contributed by atoms with Gasteiger partial charge in [0.1, 0.15) is 28.6 Å². The molecule has 1 aliphatic rings. The molecule has 1 fully saturated rings. The summed E-state index contributed by atoms with van der Waals surface area (Å²) in [4.78, 5) is 29.7. The van der Waals surface area contributed by atoms with Crippen LogP contribution in [0, 0.1) is 0 Å². The molecule has 2 aromatic rings. The van der Waals surface area contributed by atoms with E-state index in [4.69, 9.17) is 14.2 Å². The van der Waals surface area contributed by atoms with Crippen molar-refractivity contribution in [3.05, 3.63) is 59.2 Å². The molecule has 1 aliphatic heterocycles. The fourth-order valence-electron chi connectivity index (χ4n) is 3.93. The lowest BCUT2D eigenvalue weighted by molar-refractivity contribution is -0.140. The predicted octanol–water partition coefficient (Wildman–Crippen LogP) is 3.09. The van der Waals surface area contributed by atoms with Crippen LogP contribution in [0.2, 0.25) is 0 Å². The van der Waals surface area contributed by atoms with Gasteiger partial charge in [0.05, 0.1) is 32.4 Å². The number of methoxy groups -OCH3 is 2. The first-order valence-corrected chi connectivity index (χ1v) is 10.7. The Morgan fingerprint density at radius 2 is 1.70 bits per heavy atom. The summed E-state index contributed by atoms with van der Waals surface area (Å²) in [7, 11) is 6.70. The molecule has 0 bridgehead atoms. The third kappa shape index (κ3) is 4.80. The summed E-state index contributed by atoms with van der Waals surface area (Å²) in [6.07, 6.45) is 0. The van der Waals surface area contributed by atoms with Crippen LogP contribution < -0.4 is 14.2 Å². The first kappa shape index (κ1) is 24.1. The van der Waals surface area contributed by atoms with Gasteiger partial charge in [-0.2, -0.15) is 0 Å². The number of aliphatic hydroxyl groups is 1. The minimum atomic E-state index is -0.792. The molecule has 1 N–H and O–H groups in total. The van der Waals surface area contributed by atoms with Crippen molar-refractivity contribution in [2.45, 2.75) is 13.0 Å². The quantitative estimate of drug-likeness (QED) is 0.354. The number of benzene rings is 2. The first-order valence-electron chi connectivity index (χ1n) is 10.7. The minimum Gasteiger partial charge on any atom is -0.506 e. The van der Waals surface area contributed by atoms with E-state index in [2.05, 4.69) is 0 Å². The molecule has 1 atom stereocenters. The van der Waals surface area contributed by atoms with E-state index in [0.717, 1.165) is 0 Å². The van der Waals surface area contributed by atoms with Gasteiger partial charge in [-0.15, -0.1) is 0 Å². The molecule has 0 spiro atoms. The monoisotopic (exact) mass is 454 g/mol. The standard InChI is InChI=1S/C25H30N2O6/c1-6-33-17-10-7-9-16(15-17)22-21(24(29)25(30)27(22)14-13-26(2)3)23(28)20-18(31-4)11-8-12-19(20)32-5/h7-12,15,22,28H,6,13-14H2,1-5H3/b23-21+. The number of carbonyl (C=O) groups excluding carboxylic acids is 2. The maximum Gasteiger partial charge on any atom is 0.295 e. The normalized spacial score (nSPS) is 17.5. The van der Waals surface area contributed by atoms with Crippen LogP contribution >= 0.6 is 0 Å². The van der Waals surface area contributed by atoms with Gasteiger partial charge in [0.2, 0.25) is 0 Å². The number of hydrogen-bond acceptors (Lipinski definition) is 7. The number of amides is 1. The van der Waals surface area contributed by atoms with Gasteiger partial charge >= 0.3 is 0 Å². The van der Waals surface area contributed by atoms with Crippen LogP contribution in [-0.4, -0.2) is 74.6 Å². The fourth-order valence-corrected chi connectivity index (χ4v) is 3.93. The van der Waals surface area contributed by atoms with Crippen molar-refractivity contribution in [1.82, 2.24) is 9.80 Å². The van der Waals surface area contributed by atoms with Gasteiger partial charge in [0, 0.05) is 13.1 Å². The third-order valence-electron chi connectivity index (χ3n) is 5.48. The number of Topliss-reactive ketones (excluding diaryl/α,β-unsaturated/α-hetero) is 1. The summed E-state index contributed by atoms with van der Waals surface area (Å²) >= 11 is 0. The van der Waals surface area contributed by atoms with Crippen molar-refractivity contribution in [3.8, 4) is 17.2 Å². The molecule has 0 aromatic heterocycles. The predicted molar refractivity (Wildman–Crippen MR) is 125 cm³/mol. The van der Waals surface area contributed by atoms with Gasteiger partial charge in [0.15, 0.2) is 0 Å². The van der Waals surface area contributed by atoms with Crippen molar-refractivity contribution in [2.75, 3.05) is 48.0 Å². The first-order chi connectivity index (χ1) is 15.8. The van der Waals surface area contributed by atoms with E-state index in [1.165, 1.54) is 19.1 Å². The molecular formula is C25H30N2O6. The zero-order valence-electron chi connectivity index (χ0n) is 19.6. The summed E-state index contributed by atoms with van der Waals surface area (Å²) < 4.78 is 16.5. The summed E-state index contributed by atoms with van der Waals surface area (Å²) in [6, 6.07) is 11.4. The Bertz CT molecular complexity index is 1040. The van der Waals surface area contributed by atoms with Crippen LogP contribution in [0.25, 0.3) is 5.76 Å². The van der Waals surface area contributed by atoms with Gasteiger partial charge in [-0.05, 0) is 50.8 Å². The van der Waals surface area contributed by atoms with Crippen LogP contribution in [-0.2, 0) is 9.59 Å². The summed E-state index contributed by atoms with van der Waals surface area (Å²) in [5.41, 5.74) is 0.864. The molecule has 8 heteroatoms. The molecular weight excluding hydrogens is 424 g/mol. The van der Waals surface area contributed by atoms with Gasteiger partial charge in [-0.25, -0.2) is 0 Å². The third-order valence-corrected chi connectivity index (χ3v) is 5.48. The Hall–Kier alpha value is -3.52. The highest BCUT2D eigenvalue weighted by atomic mass is 16.5. The highest BCUT2D eigenvalue weighted by Crippen LogP contribution is 2.43. The molecule has 33 heavy (non-hydrogen) atoms. The van der Waals surface area contributed by atoms with Crippen molar-refractivity contribution < 1.29 is 28.9 Å². The second kappa shape index (κ2) is 10.4. The highest BCUT2D eigenvalue weighted by molar-refractivity contribution is 6.46. The van der Waals surface area contributed by atoms with E-state index in [0.29, 0.717) is 42.5 Å². The second-order valence-electron chi connectivity index (χ2n) is 7.84. The lowest BCUT2D eigenvalue weighted by Crippen LogP contribution is -2.35. The number of ether oxygens (including phenoxy) is 3. The summed E-state index contributed by atoms with van der Waals surface area (Å²) in [6.45, 7) is 3.21. The Morgan fingerprint density at radius 1 is 1.06 bits per heavy atom. The average molecular weight is 455 g/mol. The van der Waals surface area contributed by atoms with Crippen molar-refractivity contribution in [2.24, 2.45) is 0 Å². The molecule has 8 nitrogen and oxygen atoms in total. The highest BCUT2D eigenvalue weighted by Gasteiger charge is 2.46. The minimum absolute atomic E-state index is 0.0183. The van der Waals surface area contributed by atoms with Crippen molar-refractivity contribution in [3.63, 3.8) is 0 Å². The van der Waals surface area contributed by atoms with Crippen LogP contribution in [0.1, 0.15) is 24.1 Å². The van der Waals surface area contributed by atoms with Gasteiger partial charge < -0.3 is 29.1 Å². The number of nitrogens with zero attached hydrogens (tertiary/aromatic N) is 2. The SMILES string of the molecule is CCOc1cccc(C2/C(=C(\O)c3c(OC)cccc3OC)C(=O)C(=O)N2CCN(C)C)c1. The van der Waals surface area contributed by atoms with E-state index in [1.807, 2.05) is 38.1 Å². The van der Waals surface area contributed by atoms with E-state index in [-0.39, 0.29) is 16.9 Å². The largest absolute Gasteiger partial charge is 0.506 e. The number of likely N-dealkylation sites (tertiary alicyclic amines) is 1. The Balaban J connectivity index is 2.25. The van der Waals surface area contributed by atoms with Crippen molar-refractivity contribution in [1.29, 1.82) is 0 Å². The van der Waals surface area contributed by atoms with Gasteiger partial charge in [-0.3, -0.25) is 9.59 Å². The van der Waals surface area contributed by atoms with Crippen LogP contribution in [0.5, 0.6) is 17.2 Å². The summed E-state index contributed by atoms with van der Waals surface area (Å²) in [5.74, 6) is -0.503. The maximum atomic E-state index is 13.2. The molecule has 1 unspecified atom stereocenters. The van der Waals surface area contributed by atoms with Crippen molar-refractivity contribution >= 4 is 17.4 Å².